The predicted octanol–water partition coefficient (Wildman–Crippen LogP) is 3.54. The number of hydrogen-bond donors (Lipinski definition) is 0. The van der Waals surface area contributed by atoms with E-state index in [2.05, 4.69) is 36.1 Å². The van der Waals surface area contributed by atoms with Crippen molar-refractivity contribution in [1.82, 2.24) is 9.66 Å². The van der Waals surface area contributed by atoms with Crippen LogP contribution in [0.5, 0.6) is 0 Å². The molecule has 0 spiro atoms. The Balaban J connectivity index is 2.02. The molecule has 3 rings (SSSR count). The molecule has 94 valence electrons. The number of rotatable bonds is 2. The smallest absolute Gasteiger partial charge is 0.118 e. The van der Waals surface area contributed by atoms with Gasteiger partial charge in [0.25, 0.3) is 0 Å². The highest BCUT2D eigenvalue weighted by Gasteiger charge is 2.03. The van der Waals surface area contributed by atoms with Gasteiger partial charge < -0.3 is 0 Å². The Morgan fingerprint density at radius 1 is 1.05 bits per heavy atom. The van der Waals surface area contributed by atoms with E-state index < -0.39 is 0 Å². The summed E-state index contributed by atoms with van der Waals surface area (Å²) in [5, 5.41) is 4.46. The molecule has 1 heterocycles. The van der Waals surface area contributed by atoms with Gasteiger partial charge >= 0.3 is 0 Å². The lowest BCUT2D eigenvalue weighted by atomic mass is 10.1. The fourth-order valence-corrected chi connectivity index (χ4v) is 2.01. The predicted molar refractivity (Wildman–Crippen MR) is 78.6 cm³/mol. The van der Waals surface area contributed by atoms with Crippen LogP contribution in [0.2, 0.25) is 0 Å². The van der Waals surface area contributed by atoms with Crippen LogP contribution in [0.3, 0.4) is 0 Å². The molecule has 3 nitrogen and oxygen atoms in total. The highest BCUT2D eigenvalue weighted by molar-refractivity contribution is 5.81. The zero-order valence-corrected chi connectivity index (χ0v) is 11.0. The Hall–Kier alpha value is -2.42. The molecule has 1 aromatic heterocycles. The van der Waals surface area contributed by atoms with E-state index in [1.807, 2.05) is 41.2 Å². The van der Waals surface area contributed by atoms with Crippen LogP contribution in [0.15, 0.2) is 53.9 Å². The highest BCUT2D eigenvalue weighted by Crippen LogP contribution is 2.18. The fraction of sp³-hybridized carbons (Fsp3) is 0.125. The molecule has 0 unspecified atom stereocenters. The van der Waals surface area contributed by atoms with Crippen LogP contribution in [0, 0.1) is 13.8 Å². The molecule has 0 amide bonds. The molecule has 0 aliphatic carbocycles. The topological polar surface area (TPSA) is 30.2 Å². The first-order valence-electron chi connectivity index (χ1n) is 6.28. The molecule has 0 N–H and O–H groups in total. The van der Waals surface area contributed by atoms with E-state index in [1.54, 1.807) is 6.33 Å². The van der Waals surface area contributed by atoms with Gasteiger partial charge in [-0.2, -0.15) is 5.10 Å². The van der Waals surface area contributed by atoms with Gasteiger partial charge in [-0.05, 0) is 42.7 Å². The normalized spacial score (nSPS) is 11.5. The van der Waals surface area contributed by atoms with E-state index in [0.29, 0.717) is 0 Å². The summed E-state index contributed by atoms with van der Waals surface area (Å²) in [6.45, 7) is 4.20. The van der Waals surface area contributed by atoms with Crippen molar-refractivity contribution in [2.45, 2.75) is 13.8 Å². The van der Waals surface area contributed by atoms with E-state index >= 15 is 0 Å². The molecule has 0 saturated heterocycles. The molecule has 2 aromatic carbocycles. The zero-order chi connectivity index (χ0) is 13.2. The number of fused-ring (bicyclic) bond motifs is 1. The van der Waals surface area contributed by atoms with Crippen LogP contribution in [0.4, 0.5) is 0 Å². The fourth-order valence-electron chi connectivity index (χ4n) is 2.01. The van der Waals surface area contributed by atoms with Crippen LogP contribution >= 0.6 is 0 Å². The second-order valence-electron chi connectivity index (χ2n) is 4.67. The molecule has 3 aromatic rings. The van der Waals surface area contributed by atoms with Gasteiger partial charge in [-0.25, -0.2) is 9.66 Å². The molecule has 3 heteroatoms. The van der Waals surface area contributed by atoms with Gasteiger partial charge in [-0.3, -0.25) is 0 Å². The maximum absolute atomic E-state index is 4.46. The maximum Gasteiger partial charge on any atom is 0.118 e. The van der Waals surface area contributed by atoms with Crippen molar-refractivity contribution in [3.05, 3.63) is 65.5 Å². The molecule has 0 bridgehead atoms. The monoisotopic (exact) mass is 249 g/mol. The first-order chi connectivity index (χ1) is 9.24. The Morgan fingerprint density at radius 3 is 2.58 bits per heavy atom. The van der Waals surface area contributed by atoms with Gasteiger partial charge in [-0.15, -0.1) is 0 Å². The molecular formula is C16H15N3. The van der Waals surface area contributed by atoms with Crippen molar-refractivity contribution in [3.63, 3.8) is 0 Å². The van der Waals surface area contributed by atoms with Gasteiger partial charge in [0.1, 0.15) is 6.33 Å². The van der Waals surface area contributed by atoms with Crippen LogP contribution in [0.25, 0.3) is 11.0 Å². The minimum Gasteiger partial charge on any atom is -0.235 e. The maximum atomic E-state index is 4.46. The Bertz CT molecular complexity index is 739. The summed E-state index contributed by atoms with van der Waals surface area (Å²) in [4.78, 5) is 4.38. The lowest BCUT2D eigenvalue weighted by molar-refractivity contribution is 0.914. The van der Waals surface area contributed by atoms with Crippen molar-refractivity contribution in [1.29, 1.82) is 0 Å². The largest absolute Gasteiger partial charge is 0.235 e. The third-order valence-corrected chi connectivity index (χ3v) is 3.27. The first-order valence-corrected chi connectivity index (χ1v) is 6.28. The van der Waals surface area contributed by atoms with Crippen LogP contribution in [-0.4, -0.2) is 15.9 Å². The van der Waals surface area contributed by atoms with E-state index in [1.165, 1.54) is 11.1 Å². The number of aromatic nitrogens is 2. The molecule has 0 atom stereocenters. The van der Waals surface area contributed by atoms with Crippen molar-refractivity contribution in [2.24, 2.45) is 5.10 Å². The van der Waals surface area contributed by atoms with Gasteiger partial charge in [0.2, 0.25) is 0 Å². The van der Waals surface area contributed by atoms with Crippen molar-refractivity contribution < 1.29 is 0 Å². The molecule has 0 aliphatic heterocycles. The third kappa shape index (κ3) is 2.27. The van der Waals surface area contributed by atoms with Crippen molar-refractivity contribution >= 4 is 17.2 Å². The van der Waals surface area contributed by atoms with Gasteiger partial charge in [0, 0.05) is 0 Å². The molecule has 0 saturated carbocycles. The summed E-state index contributed by atoms with van der Waals surface area (Å²) in [6, 6.07) is 14.3. The minimum atomic E-state index is 0.980. The van der Waals surface area contributed by atoms with E-state index in [-0.39, 0.29) is 0 Å². The summed E-state index contributed by atoms with van der Waals surface area (Å²) in [7, 11) is 0. The number of aryl methyl sites for hydroxylation is 2. The van der Waals surface area contributed by atoms with Crippen molar-refractivity contribution in [3.8, 4) is 0 Å². The van der Waals surface area contributed by atoms with E-state index in [4.69, 9.17) is 0 Å². The highest BCUT2D eigenvalue weighted by atomic mass is 15.4. The van der Waals surface area contributed by atoms with Crippen LogP contribution < -0.4 is 0 Å². The number of nitrogens with zero attached hydrogens (tertiary/aromatic N) is 3. The quantitative estimate of drug-likeness (QED) is 0.639. The average molecular weight is 249 g/mol. The standard InChI is InChI=1S/C16H15N3/c1-12-8-15-16(9-13(12)2)19(11-17-15)18-10-14-6-4-3-5-7-14/h3-11H,1-2H3/b18-10+. The molecule has 0 fully saturated rings. The average Bonchev–Trinajstić information content (AvgIpc) is 2.80. The third-order valence-electron chi connectivity index (χ3n) is 3.27. The SMILES string of the molecule is Cc1cc2ncn(/N=C/c3ccccc3)c2cc1C. The molecule has 0 radical (unpaired) electrons. The number of benzene rings is 2. The molecule has 0 aliphatic rings. The van der Waals surface area contributed by atoms with Crippen LogP contribution in [-0.2, 0) is 0 Å². The van der Waals surface area contributed by atoms with Crippen molar-refractivity contribution in [2.75, 3.05) is 0 Å². The zero-order valence-electron chi connectivity index (χ0n) is 11.0. The number of hydrogen-bond acceptors (Lipinski definition) is 2. The lowest BCUT2D eigenvalue weighted by Gasteiger charge is -2.01. The van der Waals surface area contributed by atoms with E-state index in [0.717, 1.165) is 16.6 Å². The Kier molecular flexibility index (Phi) is 2.88. The summed E-state index contributed by atoms with van der Waals surface area (Å²) in [5.74, 6) is 0. The van der Waals surface area contributed by atoms with Gasteiger partial charge in [-0.1, -0.05) is 30.3 Å². The molecule has 19 heavy (non-hydrogen) atoms. The summed E-state index contributed by atoms with van der Waals surface area (Å²) in [5.41, 5.74) is 5.60. The molecular weight excluding hydrogens is 234 g/mol. The summed E-state index contributed by atoms with van der Waals surface area (Å²) < 4.78 is 1.81. The Morgan fingerprint density at radius 2 is 1.79 bits per heavy atom. The van der Waals surface area contributed by atoms with Gasteiger partial charge in [0.05, 0.1) is 17.2 Å². The van der Waals surface area contributed by atoms with Gasteiger partial charge in [0.15, 0.2) is 0 Å². The number of imidazole rings is 1. The second kappa shape index (κ2) is 4.69. The summed E-state index contributed by atoms with van der Waals surface area (Å²) >= 11 is 0. The lowest BCUT2D eigenvalue weighted by Crippen LogP contribution is -1.90. The second-order valence-corrected chi connectivity index (χ2v) is 4.67. The first kappa shape index (κ1) is 11.7. The van der Waals surface area contributed by atoms with E-state index in [9.17, 15) is 0 Å². The van der Waals surface area contributed by atoms with Crippen LogP contribution in [0.1, 0.15) is 16.7 Å². The summed E-state index contributed by atoms with van der Waals surface area (Å²) in [6.07, 6.45) is 3.60. The minimum absolute atomic E-state index is 0.980. The Labute approximate surface area is 112 Å².